The van der Waals surface area contributed by atoms with Crippen molar-refractivity contribution < 1.29 is 10.2 Å². The Balaban J connectivity index is 1.98. The van der Waals surface area contributed by atoms with E-state index >= 15 is 0 Å². The van der Waals surface area contributed by atoms with E-state index in [0.717, 1.165) is 12.0 Å². The highest BCUT2D eigenvalue weighted by Gasteiger charge is 2.42. The van der Waals surface area contributed by atoms with Gasteiger partial charge in [0.2, 0.25) is 0 Å². The second-order valence-electron chi connectivity index (χ2n) is 5.22. The molecule has 5 heteroatoms. The highest BCUT2D eigenvalue weighted by molar-refractivity contribution is 5.72. The quantitative estimate of drug-likeness (QED) is 0.657. The lowest BCUT2D eigenvalue weighted by Crippen LogP contribution is -2.28. The van der Waals surface area contributed by atoms with Crippen molar-refractivity contribution in [2.45, 2.75) is 32.0 Å². The van der Waals surface area contributed by atoms with Gasteiger partial charge in [-0.15, -0.1) is 0 Å². The summed E-state index contributed by atoms with van der Waals surface area (Å²) in [6, 6.07) is 0. The second-order valence-corrected chi connectivity index (χ2v) is 5.22. The number of nitrogens with one attached hydrogen (secondary N) is 1. The van der Waals surface area contributed by atoms with Gasteiger partial charge in [-0.05, 0) is 24.3 Å². The van der Waals surface area contributed by atoms with Crippen LogP contribution in [0.1, 0.15) is 24.6 Å². The number of H-pyrrole nitrogens is 1. The third kappa shape index (κ3) is 1.54. The number of aliphatic hydroxyl groups is 2. The third-order valence-electron chi connectivity index (χ3n) is 4.12. The van der Waals surface area contributed by atoms with Gasteiger partial charge in [0.15, 0.2) is 0 Å². The number of rotatable bonds is 1. The molecule has 0 amide bonds. The number of allylic oxidation sites excluding steroid dienone is 1. The summed E-state index contributed by atoms with van der Waals surface area (Å²) in [7, 11) is 0. The Hall–Kier alpha value is -1.46. The van der Waals surface area contributed by atoms with Crippen molar-refractivity contribution in [3.8, 4) is 0 Å². The van der Waals surface area contributed by atoms with E-state index in [1.54, 1.807) is 0 Å². The first kappa shape index (κ1) is 11.6. The Morgan fingerprint density at radius 2 is 2.17 bits per heavy atom. The molecule has 2 aliphatic carbocycles. The smallest absolute Gasteiger partial charge is 0.254 e. The second kappa shape index (κ2) is 4.03. The molecular formula is C13H16N2O3. The van der Waals surface area contributed by atoms with Crippen LogP contribution in [0.2, 0.25) is 0 Å². The van der Waals surface area contributed by atoms with Crippen LogP contribution in [0.25, 0.3) is 5.57 Å². The minimum atomic E-state index is -0.765. The van der Waals surface area contributed by atoms with E-state index in [1.165, 1.54) is 6.33 Å². The van der Waals surface area contributed by atoms with Crippen molar-refractivity contribution in [2.24, 2.45) is 11.8 Å². The Bertz CT molecular complexity index is 564. The molecule has 4 atom stereocenters. The molecule has 1 heterocycles. The zero-order valence-electron chi connectivity index (χ0n) is 10.1. The van der Waals surface area contributed by atoms with Gasteiger partial charge in [-0.2, -0.15) is 0 Å². The number of aromatic nitrogens is 2. The maximum atomic E-state index is 11.6. The van der Waals surface area contributed by atoms with Gasteiger partial charge in [0.25, 0.3) is 5.56 Å². The molecule has 5 nitrogen and oxygen atoms in total. The molecule has 0 saturated heterocycles. The summed E-state index contributed by atoms with van der Waals surface area (Å²) in [5, 5.41) is 19.9. The topological polar surface area (TPSA) is 86.2 Å². The SMILES string of the molecule is C[C@H]1C[C@@H](C2=CCc3c2nc[nH]c3=O)[C@H](O)[C@@H]1O. The summed E-state index contributed by atoms with van der Waals surface area (Å²) in [5.74, 6) is -0.0532. The highest BCUT2D eigenvalue weighted by Crippen LogP contribution is 2.42. The van der Waals surface area contributed by atoms with Crippen molar-refractivity contribution >= 4 is 5.57 Å². The summed E-state index contributed by atoms with van der Waals surface area (Å²) in [6.07, 6.45) is 3.16. The third-order valence-corrected chi connectivity index (χ3v) is 4.12. The van der Waals surface area contributed by atoms with Crippen molar-refractivity contribution in [1.29, 1.82) is 0 Å². The summed E-state index contributed by atoms with van der Waals surface area (Å²) < 4.78 is 0. The molecule has 96 valence electrons. The van der Waals surface area contributed by atoms with Gasteiger partial charge in [0, 0.05) is 11.5 Å². The van der Waals surface area contributed by atoms with Gasteiger partial charge in [0.05, 0.1) is 24.2 Å². The Morgan fingerprint density at radius 3 is 2.83 bits per heavy atom. The van der Waals surface area contributed by atoms with Crippen LogP contribution in [0.3, 0.4) is 0 Å². The van der Waals surface area contributed by atoms with Gasteiger partial charge in [-0.25, -0.2) is 4.98 Å². The Kier molecular flexibility index (Phi) is 2.60. The van der Waals surface area contributed by atoms with E-state index in [1.807, 2.05) is 13.0 Å². The maximum Gasteiger partial charge on any atom is 0.254 e. The van der Waals surface area contributed by atoms with Crippen molar-refractivity contribution in [3.63, 3.8) is 0 Å². The monoisotopic (exact) mass is 248 g/mol. The fourth-order valence-electron chi connectivity index (χ4n) is 3.07. The average Bonchev–Trinajstić information content (AvgIpc) is 2.88. The molecule has 1 saturated carbocycles. The van der Waals surface area contributed by atoms with Gasteiger partial charge in [0.1, 0.15) is 0 Å². The summed E-state index contributed by atoms with van der Waals surface area (Å²) in [4.78, 5) is 18.4. The summed E-state index contributed by atoms with van der Waals surface area (Å²) in [6.45, 7) is 1.93. The normalized spacial score (nSPS) is 34.5. The van der Waals surface area contributed by atoms with Crippen LogP contribution >= 0.6 is 0 Å². The van der Waals surface area contributed by atoms with Gasteiger partial charge >= 0.3 is 0 Å². The fraction of sp³-hybridized carbons (Fsp3) is 0.538. The molecule has 1 fully saturated rings. The number of aromatic amines is 1. The molecule has 3 rings (SSSR count). The molecule has 2 aliphatic rings. The lowest BCUT2D eigenvalue weighted by molar-refractivity contribution is 0.0152. The average molecular weight is 248 g/mol. The van der Waals surface area contributed by atoms with E-state index in [2.05, 4.69) is 9.97 Å². The van der Waals surface area contributed by atoms with E-state index in [-0.39, 0.29) is 17.4 Å². The minimum Gasteiger partial charge on any atom is -0.390 e. The molecule has 0 aromatic carbocycles. The maximum absolute atomic E-state index is 11.6. The summed E-state index contributed by atoms with van der Waals surface area (Å²) >= 11 is 0. The van der Waals surface area contributed by atoms with Crippen LogP contribution in [0.4, 0.5) is 0 Å². The van der Waals surface area contributed by atoms with Gasteiger partial charge < -0.3 is 15.2 Å². The largest absolute Gasteiger partial charge is 0.390 e. The van der Waals surface area contributed by atoms with Crippen LogP contribution in [0.5, 0.6) is 0 Å². The Labute approximate surface area is 104 Å². The lowest BCUT2D eigenvalue weighted by atomic mass is 9.93. The molecule has 0 bridgehead atoms. The fourth-order valence-corrected chi connectivity index (χ4v) is 3.07. The molecule has 1 aromatic heterocycles. The van der Waals surface area contributed by atoms with E-state index < -0.39 is 12.2 Å². The first-order valence-corrected chi connectivity index (χ1v) is 6.22. The zero-order valence-corrected chi connectivity index (χ0v) is 10.1. The highest BCUT2D eigenvalue weighted by atomic mass is 16.3. The molecule has 0 spiro atoms. The number of hydrogen-bond donors (Lipinski definition) is 3. The zero-order chi connectivity index (χ0) is 12.9. The molecule has 3 N–H and O–H groups in total. The van der Waals surface area contributed by atoms with Crippen molar-refractivity contribution in [1.82, 2.24) is 9.97 Å². The van der Waals surface area contributed by atoms with Crippen LogP contribution in [0.15, 0.2) is 17.2 Å². The number of fused-ring (bicyclic) bond motifs is 1. The number of nitrogens with zero attached hydrogens (tertiary/aromatic N) is 1. The van der Waals surface area contributed by atoms with E-state index in [9.17, 15) is 15.0 Å². The van der Waals surface area contributed by atoms with Crippen LogP contribution in [-0.2, 0) is 6.42 Å². The van der Waals surface area contributed by atoms with Crippen LogP contribution in [0, 0.1) is 11.8 Å². The van der Waals surface area contributed by atoms with E-state index in [4.69, 9.17) is 0 Å². The molecular weight excluding hydrogens is 232 g/mol. The van der Waals surface area contributed by atoms with Gasteiger partial charge in [-0.3, -0.25) is 4.79 Å². The molecule has 18 heavy (non-hydrogen) atoms. The molecule has 0 aliphatic heterocycles. The minimum absolute atomic E-state index is 0.0666. The lowest BCUT2D eigenvalue weighted by Gasteiger charge is -2.18. The van der Waals surface area contributed by atoms with Crippen LogP contribution in [-0.4, -0.2) is 32.4 Å². The first-order valence-electron chi connectivity index (χ1n) is 6.22. The number of hydrogen-bond acceptors (Lipinski definition) is 4. The molecule has 1 aromatic rings. The molecule has 0 unspecified atom stereocenters. The molecule has 0 radical (unpaired) electrons. The van der Waals surface area contributed by atoms with E-state index in [0.29, 0.717) is 17.7 Å². The van der Waals surface area contributed by atoms with Crippen molar-refractivity contribution in [2.75, 3.05) is 0 Å². The van der Waals surface area contributed by atoms with Crippen LogP contribution < -0.4 is 5.56 Å². The van der Waals surface area contributed by atoms with Gasteiger partial charge in [-0.1, -0.05) is 13.0 Å². The number of aliphatic hydroxyl groups excluding tert-OH is 2. The summed E-state index contributed by atoms with van der Waals surface area (Å²) in [5.41, 5.74) is 2.14. The first-order chi connectivity index (χ1) is 8.59. The Morgan fingerprint density at radius 1 is 1.39 bits per heavy atom. The predicted octanol–water partition coefficient (Wildman–Crippen LogP) is 0.0872. The van der Waals surface area contributed by atoms with Crippen molar-refractivity contribution in [3.05, 3.63) is 34.0 Å². The predicted molar refractivity (Wildman–Crippen MR) is 65.8 cm³/mol. The standard InChI is InChI=1S/C13H16N2O3/c1-6-4-9(12(17)11(6)16)7-2-3-8-10(7)14-5-15-13(8)18/h2,5-6,9,11-12,16-17H,3-4H2,1H3,(H,14,15,18)/t6-,9-,11+,12-/m0/s1.